The number of nitrogens with zero attached hydrogens (tertiary/aromatic N) is 12. The summed E-state index contributed by atoms with van der Waals surface area (Å²) < 4.78 is 0. The number of unbranched alkanes of at least 4 members (excludes halogenated alkanes) is 1. The van der Waals surface area contributed by atoms with E-state index in [2.05, 4.69) is 71.2 Å². The van der Waals surface area contributed by atoms with Crippen LogP contribution in [0.2, 0.25) is 0 Å². The van der Waals surface area contributed by atoms with Crippen LogP contribution < -0.4 is 29.4 Å². The number of fused-ring (bicyclic) bond motifs is 3. The molecule has 0 saturated carbocycles. The van der Waals surface area contributed by atoms with Gasteiger partial charge in [-0.3, -0.25) is 0 Å². The monoisotopic (exact) mass is 849 g/mol. The van der Waals surface area contributed by atoms with E-state index in [1.165, 1.54) is 0 Å². The summed E-state index contributed by atoms with van der Waals surface area (Å²) in [4.78, 5) is 39.2. The van der Waals surface area contributed by atoms with Crippen LogP contribution in [0.1, 0.15) is 12.8 Å². The Labute approximate surface area is 311 Å². The molecule has 6 aromatic rings. The summed E-state index contributed by atoms with van der Waals surface area (Å²) in [6.45, 7) is 7.76. The molecule has 13 heteroatoms. The van der Waals surface area contributed by atoms with Crippen molar-refractivity contribution in [2.24, 2.45) is 0 Å². The number of rotatable bonds is 8. The maximum atomic E-state index is 4.58. The van der Waals surface area contributed by atoms with Gasteiger partial charge in [-0.25, -0.2) is 29.9 Å². The first-order valence-corrected chi connectivity index (χ1v) is 16.3. The van der Waals surface area contributed by atoms with E-state index in [1.54, 1.807) is 37.2 Å². The smallest absolute Gasteiger partial charge is 0.143 e. The number of para-hydroxylation sites is 3. The molecule has 51 heavy (non-hydrogen) atoms. The van der Waals surface area contributed by atoms with Crippen LogP contribution in [0.5, 0.6) is 0 Å². The Balaban J connectivity index is 0.000000200. The molecule has 0 aliphatic carbocycles. The summed E-state index contributed by atoms with van der Waals surface area (Å²) in [6.07, 6.45) is 12.3. The SMILES string of the molecule is CN1[CH-]N(c2[c-]cccc2)c2nccnc21.[Ir].[c-]1ccccc1N1[CH-]N(CCCCN2[CH-]N(c3[c-]cccc3)c3nccnc32)c2nccnc21. The van der Waals surface area contributed by atoms with Gasteiger partial charge in [-0.1, -0.05) is 0 Å². The largest absolute Gasteiger partial charge is 0.487 e. The molecule has 0 saturated heterocycles. The molecule has 3 aliphatic heterocycles. The molecule has 0 bridgehead atoms. The minimum absolute atomic E-state index is 0. The van der Waals surface area contributed by atoms with Crippen molar-refractivity contribution in [2.75, 3.05) is 49.5 Å². The molecular weight excluding hydrogens is 817 g/mol. The summed E-state index contributed by atoms with van der Waals surface area (Å²) in [5, 5.41) is 0. The van der Waals surface area contributed by atoms with Crippen LogP contribution in [-0.2, 0) is 20.1 Å². The van der Waals surface area contributed by atoms with Gasteiger partial charge in [-0.05, 0) is 33.0 Å². The summed E-state index contributed by atoms with van der Waals surface area (Å²) in [5.74, 6) is 5.10. The average molecular weight is 849 g/mol. The third kappa shape index (κ3) is 7.03. The number of aromatic nitrogens is 6. The van der Waals surface area contributed by atoms with E-state index in [1.807, 2.05) is 106 Å². The van der Waals surface area contributed by atoms with Crippen molar-refractivity contribution in [2.45, 2.75) is 12.8 Å². The third-order valence-corrected chi connectivity index (χ3v) is 8.25. The van der Waals surface area contributed by atoms with Gasteiger partial charge in [0.05, 0.1) is 0 Å². The van der Waals surface area contributed by atoms with Crippen molar-refractivity contribution in [3.05, 3.63) is 148 Å². The van der Waals surface area contributed by atoms with Crippen molar-refractivity contribution < 1.29 is 20.1 Å². The average Bonchev–Trinajstić information content (AvgIpc) is 3.86. The van der Waals surface area contributed by atoms with Gasteiger partial charge in [0, 0.05) is 57.3 Å². The minimum atomic E-state index is 0. The standard InChI is InChI=1S/C26H22N8.C12H10N4.Ir/c1-3-9-21(10-4-1)33-19-31(23-25(33)29-15-13-27-23)17-7-8-18-32-20-34(22-11-5-2-6-12-22)26-24(32)28-14-16-30-26;1-15-9-16(10-5-3-2-4-6-10)12-11(15)13-7-8-14-12;/h1-6,9,11,13-16,19-20H,7-8,17-18H2;2-5,7-9H,1H3;/q-4;-2;. The Morgan fingerprint density at radius 3 is 1.22 bits per heavy atom. The second-order valence-corrected chi connectivity index (χ2v) is 11.5. The van der Waals surface area contributed by atoms with E-state index < -0.39 is 0 Å². The van der Waals surface area contributed by atoms with E-state index in [9.17, 15) is 0 Å². The first-order valence-electron chi connectivity index (χ1n) is 16.3. The molecule has 3 aromatic heterocycles. The predicted molar refractivity (Wildman–Crippen MR) is 194 cm³/mol. The van der Waals surface area contributed by atoms with Gasteiger partial charge in [-0.2, -0.15) is 91.0 Å². The fourth-order valence-corrected chi connectivity index (χ4v) is 5.94. The van der Waals surface area contributed by atoms with Crippen LogP contribution in [0.4, 0.5) is 52.0 Å². The molecule has 0 atom stereocenters. The summed E-state index contributed by atoms with van der Waals surface area (Å²) in [7, 11) is 1.95. The van der Waals surface area contributed by atoms with Gasteiger partial charge in [0.25, 0.3) is 0 Å². The Bertz CT molecular complexity index is 1920. The first kappa shape index (κ1) is 33.8. The molecule has 9 rings (SSSR count). The zero-order chi connectivity index (χ0) is 33.7. The van der Waals surface area contributed by atoms with Gasteiger partial charge < -0.3 is 29.4 Å². The van der Waals surface area contributed by atoms with Crippen molar-refractivity contribution in [1.82, 2.24) is 29.9 Å². The fourth-order valence-electron chi connectivity index (χ4n) is 5.94. The Morgan fingerprint density at radius 1 is 0.471 bits per heavy atom. The summed E-state index contributed by atoms with van der Waals surface area (Å²) in [6, 6.07) is 33.3. The topological polar surface area (TPSA) is 96.8 Å². The van der Waals surface area contributed by atoms with Crippen LogP contribution in [0.3, 0.4) is 0 Å². The van der Waals surface area contributed by atoms with Crippen LogP contribution in [0.25, 0.3) is 0 Å². The predicted octanol–water partition coefficient (Wildman–Crippen LogP) is 6.48. The van der Waals surface area contributed by atoms with E-state index in [4.69, 9.17) is 0 Å². The Hall–Kier alpha value is -5.65. The van der Waals surface area contributed by atoms with Crippen molar-refractivity contribution in [1.29, 1.82) is 0 Å². The molecule has 1 radical (unpaired) electrons. The second kappa shape index (κ2) is 15.5. The molecule has 0 amide bonds. The van der Waals surface area contributed by atoms with Crippen LogP contribution in [0, 0.1) is 38.2 Å². The van der Waals surface area contributed by atoms with Crippen molar-refractivity contribution in [3.63, 3.8) is 0 Å². The second-order valence-electron chi connectivity index (χ2n) is 11.5. The first-order chi connectivity index (χ1) is 24.7. The van der Waals surface area contributed by atoms with Crippen LogP contribution in [0.15, 0.2) is 110 Å². The Kier molecular flexibility index (Phi) is 10.3. The van der Waals surface area contributed by atoms with Gasteiger partial charge in [0.1, 0.15) is 34.9 Å². The molecule has 0 spiro atoms. The van der Waals surface area contributed by atoms with Crippen molar-refractivity contribution >= 4 is 52.0 Å². The van der Waals surface area contributed by atoms with Gasteiger partial charge >= 0.3 is 0 Å². The quantitative estimate of drug-likeness (QED) is 0.124. The molecule has 0 unspecified atom stereocenters. The molecule has 0 N–H and O–H groups in total. The van der Waals surface area contributed by atoms with Gasteiger partial charge in [0.15, 0.2) is 0 Å². The molecular formula is C38H32IrN12-6. The van der Waals surface area contributed by atoms with Gasteiger partial charge in [0.2, 0.25) is 0 Å². The maximum absolute atomic E-state index is 4.58. The van der Waals surface area contributed by atoms with Crippen LogP contribution in [-0.4, -0.2) is 50.0 Å². The molecule has 0 fully saturated rings. The summed E-state index contributed by atoms with van der Waals surface area (Å²) >= 11 is 0. The minimum Gasteiger partial charge on any atom is -0.487 e. The number of benzene rings is 3. The molecule has 6 heterocycles. The van der Waals surface area contributed by atoms with Gasteiger partial charge in [-0.15, -0.1) is 37.1 Å². The molecule has 259 valence electrons. The van der Waals surface area contributed by atoms with E-state index in [0.29, 0.717) is 0 Å². The van der Waals surface area contributed by atoms with E-state index in [0.717, 1.165) is 77.9 Å². The van der Waals surface area contributed by atoms with Crippen LogP contribution >= 0.6 is 0 Å². The maximum Gasteiger partial charge on any atom is 0.143 e. The van der Waals surface area contributed by atoms with E-state index in [-0.39, 0.29) is 20.1 Å². The zero-order valence-corrected chi connectivity index (χ0v) is 30.0. The molecule has 3 aromatic carbocycles. The number of anilines is 9. The van der Waals surface area contributed by atoms with E-state index >= 15 is 0 Å². The zero-order valence-electron chi connectivity index (χ0n) is 27.7. The molecule has 3 aliphatic rings. The van der Waals surface area contributed by atoms with Crippen molar-refractivity contribution in [3.8, 4) is 0 Å². The normalized spacial score (nSPS) is 14.1. The molecule has 12 nitrogen and oxygen atoms in total. The fraction of sp³-hybridized carbons (Fsp3) is 0.132. The number of hydrogen-bond donors (Lipinski definition) is 0. The third-order valence-electron chi connectivity index (χ3n) is 8.25. The Morgan fingerprint density at radius 2 is 0.824 bits per heavy atom. The summed E-state index contributed by atoms with van der Waals surface area (Å²) in [5.41, 5.74) is 2.87. The number of hydrogen-bond acceptors (Lipinski definition) is 12.